The Bertz CT molecular complexity index is 614. The lowest BCUT2D eigenvalue weighted by atomic mass is 10.0. The maximum absolute atomic E-state index is 6.28. The van der Waals surface area contributed by atoms with Crippen molar-refractivity contribution in [3.05, 3.63) is 63.2 Å². The van der Waals surface area contributed by atoms with Crippen molar-refractivity contribution < 1.29 is 4.74 Å². The summed E-state index contributed by atoms with van der Waals surface area (Å²) >= 11 is 6.28. The molecular weight excluding hydrogens is 282 g/mol. The molecule has 0 atom stereocenters. The van der Waals surface area contributed by atoms with Crippen LogP contribution in [0.25, 0.3) is 0 Å². The predicted octanol–water partition coefficient (Wildman–Crippen LogP) is 4.56. The molecular formula is C18H22ClNO. The molecule has 0 amide bonds. The summed E-state index contributed by atoms with van der Waals surface area (Å²) in [6, 6.07) is 10.3. The zero-order valence-corrected chi connectivity index (χ0v) is 13.8. The van der Waals surface area contributed by atoms with Gasteiger partial charge in [-0.05, 0) is 62.2 Å². The van der Waals surface area contributed by atoms with Crippen molar-refractivity contribution in [2.45, 2.75) is 33.9 Å². The molecule has 0 aliphatic heterocycles. The molecule has 3 heteroatoms. The third-order valence-electron chi connectivity index (χ3n) is 3.59. The number of aryl methyl sites for hydroxylation is 3. The van der Waals surface area contributed by atoms with E-state index in [-0.39, 0.29) is 0 Å². The molecule has 2 aromatic rings. The van der Waals surface area contributed by atoms with Gasteiger partial charge >= 0.3 is 0 Å². The molecule has 0 spiro atoms. The highest BCUT2D eigenvalue weighted by atomic mass is 35.5. The molecule has 112 valence electrons. The van der Waals surface area contributed by atoms with E-state index in [1.54, 1.807) is 0 Å². The summed E-state index contributed by atoms with van der Waals surface area (Å²) in [6.07, 6.45) is 0. The van der Waals surface area contributed by atoms with E-state index in [9.17, 15) is 0 Å². The topological polar surface area (TPSA) is 21.3 Å². The molecule has 0 saturated carbocycles. The number of rotatable bonds is 5. The second-order valence-electron chi connectivity index (χ2n) is 5.46. The molecule has 0 bridgehead atoms. The lowest BCUT2D eigenvalue weighted by molar-refractivity contribution is 0.304. The van der Waals surface area contributed by atoms with E-state index >= 15 is 0 Å². The summed E-state index contributed by atoms with van der Waals surface area (Å²) in [6.45, 7) is 7.70. The van der Waals surface area contributed by atoms with E-state index < -0.39 is 0 Å². The Morgan fingerprint density at radius 1 is 1.05 bits per heavy atom. The number of hydrogen-bond donors (Lipinski definition) is 1. The molecule has 0 aromatic heterocycles. The van der Waals surface area contributed by atoms with Crippen molar-refractivity contribution in [3.63, 3.8) is 0 Å². The molecule has 21 heavy (non-hydrogen) atoms. The molecule has 1 N–H and O–H groups in total. The summed E-state index contributed by atoms with van der Waals surface area (Å²) < 4.78 is 5.91. The minimum Gasteiger partial charge on any atom is -0.487 e. The largest absolute Gasteiger partial charge is 0.487 e. The Kier molecular flexibility index (Phi) is 5.27. The van der Waals surface area contributed by atoms with Gasteiger partial charge in [-0.1, -0.05) is 35.4 Å². The van der Waals surface area contributed by atoms with Gasteiger partial charge in [0, 0.05) is 6.54 Å². The van der Waals surface area contributed by atoms with Crippen LogP contribution in [0, 0.1) is 20.8 Å². The molecule has 0 unspecified atom stereocenters. The van der Waals surface area contributed by atoms with Crippen LogP contribution in [0.1, 0.15) is 27.8 Å². The van der Waals surface area contributed by atoms with Gasteiger partial charge in [0.05, 0.1) is 5.02 Å². The van der Waals surface area contributed by atoms with Crippen molar-refractivity contribution in [3.8, 4) is 5.75 Å². The fraction of sp³-hybridized carbons (Fsp3) is 0.333. The second-order valence-corrected chi connectivity index (χ2v) is 5.87. The van der Waals surface area contributed by atoms with Crippen molar-refractivity contribution in [2.75, 3.05) is 7.05 Å². The zero-order valence-electron chi connectivity index (χ0n) is 13.1. The summed E-state index contributed by atoms with van der Waals surface area (Å²) in [7, 11) is 1.92. The fourth-order valence-electron chi connectivity index (χ4n) is 2.56. The number of halogens is 1. The lowest BCUT2D eigenvalue weighted by Crippen LogP contribution is -2.05. The van der Waals surface area contributed by atoms with Gasteiger partial charge in [-0.2, -0.15) is 0 Å². The molecule has 0 radical (unpaired) electrons. The number of ether oxygens (including phenoxy) is 1. The van der Waals surface area contributed by atoms with Crippen molar-refractivity contribution in [1.29, 1.82) is 0 Å². The Labute approximate surface area is 132 Å². The number of hydrogen-bond acceptors (Lipinski definition) is 2. The Hall–Kier alpha value is -1.51. The van der Waals surface area contributed by atoms with Crippen LogP contribution in [0.2, 0.25) is 5.02 Å². The fourth-order valence-corrected chi connectivity index (χ4v) is 2.82. The smallest absolute Gasteiger partial charge is 0.138 e. The normalized spacial score (nSPS) is 10.7. The average molecular weight is 304 g/mol. The van der Waals surface area contributed by atoms with Crippen molar-refractivity contribution in [1.82, 2.24) is 5.32 Å². The maximum Gasteiger partial charge on any atom is 0.138 e. The van der Waals surface area contributed by atoms with E-state index in [1.165, 1.54) is 22.3 Å². The van der Waals surface area contributed by atoms with Gasteiger partial charge in [-0.15, -0.1) is 0 Å². The van der Waals surface area contributed by atoms with E-state index in [2.05, 4.69) is 38.2 Å². The van der Waals surface area contributed by atoms with Gasteiger partial charge in [0.25, 0.3) is 0 Å². The molecule has 2 rings (SSSR count). The summed E-state index contributed by atoms with van der Waals surface area (Å²) in [4.78, 5) is 0. The number of nitrogens with one attached hydrogen (secondary N) is 1. The van der Waals surface area contributed by atoms with E-state index in [1.807, 2.05) is 25.2 Å². The average Bonchev–Trinajstić information content (AvgIpc) is 2.40. The minimum atomic E-state index is 0.545. The van der Waals surface area contributed by atoms with Gasteiger partial charge in [0.15, 0.2) is 0 Å². The Morgan fingerprint density at radius 3 is 2.29 bits per heavy atom. The first kappa shape index (κ1) is 15.9. The summed E-state index contributed by atoms with van der Waals surface area (Å²) in [5.74, 6) is 0.732. The maximum atomic E-state index is 6.28. The molecule has 0 aliphatic rings. The Balaban J connectivity index is 2.13. The van der Waals surface area contributed by atoms with Crippen LogP contribution in [-0.2, 0) is 13.2 Å². The quantitative estimate of drug-likeness (QED) is 0.874. The van der Waals surface area contributed by atoms with Gasteiger partial charge in [-0.3, -0.25) is 0 Å². The Morgan fingerprint density at radius 2 is 1.71 bits per heavy atom. The van der Waals surface area contributed by atoms with Gasteiger partial charge in [0.1, 0.15) is 12.4 Å². The summed E-state index contributed by atoms with van der Waals surface area (Å²) in [5.41, 5.74) is 6.18. The first-order valence-corrected chi connectivity index (χ1v) is 7.51. The first-order chi connectivity index (χ1) is 10.0. The van der Waals surface area contributed by atoms with Crippen LogP contribution in [0.15, 0.2) is 30.3 Å². The predicted molar refractivity (Wildman–Crippen MR) is 89.2 cm³/mol. The van der Waals surface area contributed by atoms with Crippen LogP contribution >= 0.6 is 11.6 Å². The lowest BCUT2D eigenvalue weighted by Gasteiger charge is -2.14. The van der Waals surface area contributed by atoms with Crippen molar-refractivity contribution >= 4 is 11.6 Å². The highest BCUT2D eigenvalue weighted by Gasteiger charge is 2.07. The van der Waals surface area contributed by atoms with Crippen LogP contribution in [0.5, 0.6) is 5.75 Å². The molecule has 0 fully saturated rings. The highest BCUT2D eigenvalue weighted by Crippen LogP contribution is 2.27. The second kappa shape index (κ2) is 6.97. The SMILES string of the molecule is CNCc1ccc(OCc2c(C)cc(C)cc2C)c(Cl)c1. The van der Waals surface area contributed by atoms with Crippen molar-refractivity contribution in [2.24, 2.45) is 0 Å². The molecule has 2 aromatic carbocycles. The van der Waals surface area contributed by atoms with Gasteiger partial charge in [0.2, 0.25) is 0 Å². The van der Waals surface area contributed by atoms with Crippen LogP contribution in [0.4, 0.5) is 0 Å². The van der Waals surface area contributed by atoms with Crippen LogP contribution < -0.4 is 10.1 Å². The van der Waals surface area contributed by atoms with Gasteiger partial charge in [-0.25, -0.2) is 0 Å². The van der Waals surface area contributed by atoms with Crippen LogP contribution in [-0.4, -0.2) is 7.05 Å². The zero-order chi connectivity index (χ0) is 15.4. The summed E-state index contributed by atoms with van der Waals surface area (Å²) in [5, 5.41) is 3.77. The number of benzene rings is 2. The third kappa shape index (κ3) is 3.99. The standard InChI is InChI=1S/C18H22ClNO/c1-12-7-13(2)16(14(3)8-12)11-21-18-6-5-15(10-20-4)9-17(18)19/h5-9,20H,10-11H2,1-4H3. The molecule has 0 aliphatic carbocycles. The highest BCUT2D eigenvalue weighted by molar-refractivity contribution is 6.32. The first-order valence-electron chi connectivity index (χ1n) is 7.14. The molecule has 2 nitrogen and oxygen atoms in total. The minimum absolute atomic E-state index is 0.545. The molecule has 0 heterocycles. The monoisotopic (exact) mass is 303 g/mol. The van der Waals surface area contributed by atoms with Crippen LogP contribution in [0.3, 0.4) is 0 Å². The third-order valence-corrected chi connectivity index (χ3v) is 3.88. The van der Waals surface area contributed by atoms with E-state index in [0.29, 0.717) is 11.6 Å². The molecule has 0 saturated heterocycles. The van der Waals surface area contributed by atoms with E-state index in [0.717, 1.165) is 17.9 Å². The van der Waals surface area contributed by atoms with E-state index in [4.69, 9.17) is 16.3 Å². The van der Waals surface area contributed by atoms with Gasteiger partial charge < -0.3 is 10.1 Å².